The summed E-state index contributed by atoms with van der Waals surface area (Å²) in [6.07, 6.45) is 19.8. The van der Waals surface area contributed by atoms with E-state index in [1.807, 2.05) is 6.08 Å². The molecule has 3 fully saturated rings. The second-order valence-electron chi connectivity index (χ2n) is 10.7. The summed E-state index contributed by atoms with van der Waals surface area (Å²) < 4.78 is 27.0. The van der Waals surface area contributed by atoms with Crippen LogP contribution in [0.4, 0.5) is 4.39 Å². The molecule has 30 heavy (non-hydrogen) atoms. The van der Waals surface area contributed by atoms with Crippen LogP contribution in [0.1, 0.15) is 84.5 Å². The van der Waals surface area contributed by atoms with Gasteiger partial charge in [0.1, 0.15) is 0 Å². The zero-order valence-corrected chi connectivity index (χ0v) is 19.2. The molecule has 4 rings (SSSR count). The average molecular weight is 419 g/mol. The van der Waals surface area contributed by atoms with Gasteiger partial charge in [-0.1, -0.05) is 38.8 Å². The summed E-state index contributed by atoms with van der Waals surface area (Å²) in [6.45, 7) is 5.93. The van der Waals surface area contributed by atoms with Gasteiger partial charge in [-0.3, -0.25) is 0 Å². The number of allylic oxidation sites excluding steroid dienone is 2. The van der Waals surface area contributed by atoms with E-state index in [9.17, 15) is 0 Å². The molecule has 2 unspecified atom stereocenters. The molecule has 0 aromatic carbocycles. The second kappa shape index (κ2) is 10.8. The smallest absolute Gasteiger partial charge is 0.163 e. The van der Waals surface area contributed by atoms with Gasteiger partial charge < -0.3 is 9.47 Å². The van der Waals surface area contributed by atoms with Crippen LogP contribution < -0.4 is 0 Å². The minimum Gasteiger partial charge on any atom is -0.351 e. The Hall–Kier alpha value is -0.670. The van der Waals surface area contributed by atoms with Gasteiger partial charge in [-0.25, -0.2) is 4.39 Å². The normalized spacial score (nSPS) is 43.5. The van der Waals surface area contributed by atoms with Crippen molar-refractivity contribution >= 4 is 0 Å². The van der Waals surface area contributed by atoms with Gasteiger partial charge in [0.25, 0.3) is 0 Å². The predicted molar refractivity (Wildman–Crippen MR) is 121 cm³/mol. The third-order valence-electron chi connectivity index (χ3n) is 8.59. The summed E-state index contributed by atoms with van der Waals surface area (Å²) in [6, 6.07) is 0. The van der Waals surface area contributed by atoms with E-state index in [2.05, 4.69) is 26.0 Å². The largest absolute Gasteiger partial charge is 0.351 e. The van der Waals surface area contributed by atoms with E-state index in [-0.39, 0.29) is 24.0 Å². The Morgan fingerprint density at radius 1 is 0.867 bits per heavy atom. The number of hydrogen-bond acceptors (Lipinski definition) is 2. The van der Waals surface area contributed by atoms with Crippen molar-refractivity contribution in [3.05, 3.63) is 24.1 Å². The summed E-state index contributed by atoms with van der Waals surface area (Å²) in [4.78, 5) is 0. The summed E-state index contributed by atoms with van der Waals surface area (Å²) in [5, 5.41) is 0. The van der Waals surface area contributed by atoms with Crippen molar-refractivity contribution in [2.75, 3.05) is 13.2 Å². The maximum absolute atomic E-state index is 15.1. The van der Waals surface area contributed by atoms with Gasteiger partial charge in [0, 0.05) is 17.8 Å². The molecule has 1 saturated heterocycles. The molecule has 2 saturated carbocycles. The molecule has 0 N–H and O–H groups in total. The SMILES string of the molecule is CC/C=C/C1COC(C2C=C(F)C(C3CCC(C4CCC(C)CC4)CC3)CC2)OC1. The first kappa shape index (κ1) is 22.5. The molecule has 0 radical (unpaired) electrons. The van der Waals surface area contributed by atoms with Crippen LogP contribution in [0.15, 0.2) is 24.1 Å². The minimum atomic E-state index is -0.257. The molecule has 0 spiro atoms. The summed E-state index contributed by atoms with van der Waals surface area (Å²) >= 11 is 0. The molecule has 3 heteroatoms. The van der Waals surface area contributed by atoms with E-state index < -0.39 is 0 Å². The average Bonchev–Trinajstić information content (AvgIpc) is 2.79. The molecule has 2 nitrogen and oxygen atoms in total. The van der Waals surface area contributed by atoms with Gasteiger partial charge in [0.2, 0.25) is 0 Å². The van der Waals surface area contributed by atoms with Crippen molar-refractivity contribution < 1.29 is 13.9 Å². The van der Waals surface area contributed by atoms with Crippen molar-refractivity contribution in [1.82, 2.24) is 0 Å². The fourth-order valence-corrected chi connectivity index (χ4v) is 6.59. The van der Waals surface area contributed by atoms with Gasteiger partial charge in [-0.2, -0.15) is 0 Å². The predicted octanol–water partition coefficient (Wildman–Crippen LogP) is 7.45. The van der Waals surface area contributed by atoms with Crippen LogP contribution in [0.2, 0.25) is 0 Å². The Balaban J connectivity index is 1.24. The Morgan fingerprint density at radius 3 is 2.07 bits per heavy atom. The van der Waals surface area contributed by atoms with E-state index in [4.69, 9.17) is 9.47 Å². The van der Waals surface area contributed by atoms with E-state index in [1.165, 1.54) is 51.4 Å². The lowest BCUT2D eigenvalue weighted by atomic mass is 9.66. The first-order valence-electron chi connectivity index (χ1n) is 12.9. The highest BCUT2D eigenvalue weighted by molar-refractivity contribution is 5.08. The quantitative estimate of drug-likeness (QED) is 0.432. The van der Waals surface area contributed by atoms with E-state index in [0.717, 1.165) is 37.0 Å². The molecule has 0 bridgehead atoms. The monoisotopic (exact) mass is 418 g/mol. The third kappa shape index (κ3) is 5.57. The molecule has 170 valence electrons. The lowest BCUT2D eigenvalue weighted by Crippen LogP contribution is -2.38. The maximum Gasteiger partial charge on any atom is 0.163 e. The van der Waals surface area contributed by atoms with Crippen LogP contribution in [0.3, 0.4) is 0 Å². The molecular weight excluding hydrogens is 375 g/mol. The molecule has 1 aliphatic heterocycles. The van der Waals surface area contributed by atoms with Crippen molar-refractivity contribution in [3.63, 3.8) is 0 Å². The van der Waals surface area contributed by atoms with Crippen molar-refractivity contribution in [2.24, 2.45) is 41.4 Å². The fraction of sp³-hybridized carbons (Fsp3) is 0.852. The van der Waals surface area contributed by atoms with Gasteiger partial charge in [0.15, 0.2) is 6.29 Å². The third-order valence-corrected chi connectivity index (χ3v) is 8.59. The Kier molecular flexibility index (Phi) is 8.08. The van der Waals surface area contributed by atoms with Gasteiger partial charge in [-0.15, -0.1) is 0 Å². The zero-order chi connectivity index (χ0) is 20.9. The number of rotatable bonds is 5. The Bertz CT molecular complexity index is 576. The first-order chi connectivity index (χ1) is 14.6. The second-order valence-corrected chi connectivity index (χ2v) is 10.7. The van der Waals surface area contributed by atoms with E-state index >= 15 is 4.39 Å². The lowest BCUT2D eigenvalue weighted by Gasteiger charge is -2.41. The van der Waals surface area contributed by atoms with E-state index in [1.54, 1.807) is 0 Å². The maximum atomic E-state index is 15.1. The van der Waals surface area contributed by atoms with Crippen molar-refractivity contribution in [1.29, 1.82) is 0 Å². The zero-order valence-electron chi connectivity index (χ0n) is 19.2. The fourth-order valence-electron chi connectivity index (χ4n) is 6.59. The van der Waals surface area contributed by atoms with Gasteiger partial charge in [-0.05, 0) is 87.5 Å². The Morgan fingerprint density at radius 2 is 1.47 bits per heavy atom. The van der Waals surface area contributed by atoms with E-state index in [0.29, 0.717) is 25.0 Å². The molecule has 4 aliphatic rings. The highest BCUT2D eigenvalue weighted by Gasteiger charge is 2.38. The lowest BCUT2D eigenvalue weighted by molar-refractivity contribution is -0.212. The topological polar surface area (TPSA) is 18.5 Å². The van der Waals surface area contributed by atoms with Gasteiger partial charge in [0.05, 0.1) is 19.0 Å². The van der Waals surface area contributed by atoms with Gasteiger partial charge >= 0.3 is 0 Å². The van der Waals surface area contributed by atoms with Crippen LogP contribution in [0.5, 0.6) is 0 Å². The van der Waals surface area contributed by atoms with Crippen LogP contribution >= 0.6 is 0 Å². The minimum absolute atomic E-state index is 0.0814. The molecule has 3 aliphatic carbocycles. The molecule has 0 aromatic rings. The standard InChI is InChI=1S/C27H43FO2/c1-3-4-5-20-17-29-27(30-18-20)24-14-15-25(26(28)16-24)23-12-10-22(11-13-23)21-8-6-19(2)7-9-21/h4-5,16,19-25,27H,3,6-15,17-18H2,1-2H3/b5-4+. The van der Waals surface area contributed by atoms with Crippen molar-refractivity contribution in [3.8, 4) is 0 Å². The summed E-state index contributed by atoms with van der Waals surface area (Å²) in [5.74, 6) is 4.05. The van der Waals surface area contributed by atoms with Crippen LogP contribution in [-0.4, -0.2) is 19.5 Å². The van der Waals surface area contributed by atoms with Crippen LogP contribution in [0, 0.1) is 41.4 Å². The molecule has 0 amide bonds. The number of halogens is 1. The highest BCUT2D eigenvalue weighted by Crippen LogP contribution is 2.47. The van der Waals surface area contributed by atoms with Crippen LogP contribution in [-0.2, 0) is 9.47 Å². The summed E-state index contributed by atoms with van der Waals surface area (Å²) in [7, 11) is 0. The van der Waals surface area contributed by atoms with Crippen LogP contribution in [0.25, 0.3) is 0 Å². The number of ether oxygens (including phenoxy) is 2. The molecule has 0 aromatic heterocycles. The molecular formula is C27H43FO2. The van der Waals surface area contributed by atoms with Crippen molar-refractivity contribution in [2.45, 2.75) is 90.8 Å². The first-order valence-corrected chi connectivity index (χ1v) is 12.9. The number of hydrogen-bond donors (Lipinski definition) is 0. The Labute approximate surface area is 183 Å². The molecule has 2 atom stereocenters. The molecule has 1 heterocycles. The summed E-state index contributed by atoms with van der Waals surface area (Å²) in [5.41, 5.74) is 0. The highest BCUT2D eigenvalue weighted by atomic mass is 19.1.